The summed E-state index contributed by atoms with van der Waals surface area (Å²) in [5.41, 5.74) is 7.91. The van der Waals surface area contributed by atoms with Gasteiger partial charge in [-0.25, -0.2) is 10.8 Å². The molecule has 0 bridgehead atoms. The lowest BCUT2D eigenvalue weighted by Gasteiger charge is -2.17. The first-order valence-corrected chi connectivity index (χ1v) is 4.85. The zero-order chi connectivity index (χ0) is 9.26. The van der Waals surface area contributed by atoms with E-state index in [0.717, 1.165) is 13.0 Å². The number of rotatable bonds is 1. The fraction of sp³-hybridized carbons (Fsp3) is 0.875. The van der Waals surface area contributed by atoms with Crippen LogP contribution < -0.4 is 17.0 Å². The maximum absolute atomic E-state index is 5.53. The summed E-state index contributed by atoms with van der Waals surface area (Å²) in [6.07, 6.45) is 3.67. The van der Waals surface area contributed by atoms with E-state index in [1.165, 1.54) is 19.4 Å². The van der Waals surface area contributed by atoms with Crippen molar-refractivity contribution in [1.82, 2.24) is 10.3 Å². The smallest absolute Gasteiger partial charge is 0.203 e. The van der Waals surface area contributed by atoms with Crippen molar-refractivity contribution in [2.45, 2.75) is 31.3 Å². The van der Waals surface area contributed by atoms with E-state index in [0.29, 0.717) is 18.0 Å². The summed E-state index contributed by atoms with van der Waals surface area (Å²) in [5, 5.41) is 0. The first-order chi connectivity index (χ1) is 6.31. The molecule has 5 nitrogen and oxygen atoms in total. The minimum atomic E-state index is 0.360. The molecule has 13 heavy (non-hydrogen) atoms. The third kappa shape index (κ3) is 1.62. The Bertz CT molecular complexity index is 215. The molecule has 0 aromatic carbocycles. The Kier molecular flexibility index (Phi) is 2.37. The summed E-state index contributed by atoms with van der Waals surface area (Å²) < 4.78 is 0. The lowest BCUT2D eigenvalue weighted by molar-refractivity contribution is 0.314. The van der Waals surface area contributed by atoms with Crippen molar-refractivity contribution < 1.29 is 0 Å². The van der Waals surface area contributed by atoms with Crippen LogP contribution in [0.4, 0.5) is 0 Å². The Morgan fingerprint density at radius 2 is 2.23 bits per heavy atom. The number of nitrogens with one attached hydrogen (secondary N) is 1. The maximum atomic E-state index is 5.53. The van der Waals surface area contributed by atoms with Crippen molar-refractivity contribution in [2.75, 3.05) is 13.1 Å². The molecular weight excluding hydrogens is 166 g/mol. The molecule has 2 rings (SSSR count). The molecule has 5 heteroatoms. The van der Waals surface area contributed by atoms with E-state index in [2.05, 4.69) is 15.3 Å². The molecule has 2 saturated heterocycles. The Morgan fingerprint density at radius 3 is 3.00 bits per heavy atom. The molecule has 0 spiro atoms. The highest BCUT2D eigenvalue weighted by atomic mass is 15.3. The van der Waals surface area contributed by atoms with Gasteiger partial charge in [0.05, 0.1) is 6.04 Å². The van der Waals surface area contributed by atoms with Crippen LogP contribution in [0.3, 0.4) is 0 Å². The van der Waals surface area contributed by atoms with Gasteiger partial charge in [-0.15, -0.1) is 0 Å². The van der Waals surface area contributed by atoms with Crippen LogP contribution in [-0.2, 0) is 0 Å². The fourth-order valence-electron chi connectivity index (χ4n) is 2.42. The Labute approximate surface area is 78.1 Å². The number of nitrogens with two attached hydrogens (primary N) is 2. The summed E-state index contributed by atoms with van der Waals surface area (Å²) in [7, 11) is 0. The van der Waals surface area contributed by atoms with E-state index in [1.807, 2.05) is 0 Å². The number of hydrazine groups is 1. The monoisotopic (exact) mass is 183 g/mol. The number of aliphatic imine (C=N–C) groups is 1. The van der Waals surface area contributed by atoms with E-state index >= 15 is 0 Å². The van der Waals surface area contributed by atoms with Gasteiger partial charge in [-0.05, 0) is 25.8 Å². The number of hydrogen-bond donors (Lipinski definition) is 3. The molecule has 2 heterocycles. The largest absolute Gasteiger partial charge is 0.369 e. The molecule has 74 valence electrons. The number of fused-ring (bicyclic) bond motifs is 1. The molecule has 0 saturated carbocycles. The summed E-state index contributed by atoms with van der Waals surface area (Å²) in [6, 6.07) is 0.977. The minimum absolute atomic E-state index is 0.360. The highest BCUT2D eigenvalue weighted by Crippen LogP contribution is 2.29. The van der Waals surface area contributed by atoms with Gasteiger partial charge in [-0.1, -0.05) is 0 Å². The molecule has 2 aliphatic rings. The van der Waals surface area contributed by atoms with Crippen LogP contribution in [0.2, 0.25) is 0 Å². The van der Waals surface area contributed by atoms with Gasteiger partial charge in [0.25, 0.3) is 0 Å². The summed E-state index contributed by atoms with van der Waals surface area (Å²) in [6.45, 7) is 2.39. The molecule has 0 aromatic rings. The average Bonchev–Trinajstić information content (AvgIpc) is 2.69. The highest BCUT2D eigenvalue weighted by molar-refractivity contribution is 5.77. The van der Waals surface area contributed by atoms with Gasteiger partial charge in [0.2, 0.25) is 5.96 Å². The van der Waals surface area contributed by atoms with E-state index in [9.17, 15) is 0 Å². The van der Waals surface area contributed by atoms with Gasteiger partial charge in [0.15, 0.2) is 0 Å². The van der Waals surface area contributed by atoms with E-state index in [-0.39, 0.29) is 0 Å². The topological polar surface area (TPSA) is 79.7 Å². The Balaban J connectivity index is 2.01. The predicted molar refractivity (Wildman–Crippen MR) is 51.9 cm³/mol. The van der Waals surface area contributed by atoms with Crippen molar-refractivity contribution in [2.24, 2.45) is 16.6 Å². The summed E-state index contributed by atoms with van der Waals surface area (Å²) in [5.74, 6) is 5.53. The first-order valence-electron chi connectivity index (χ1n) is 4.85. The Morgan fingerprint density at radius 1 is 1.38 bits per heavy atom. The molecule has 5 N–H and O–H groups in total. The van der Waals surface area contributed by atoms with Crippen molar-refractivity contribution in [1.29, 1.82) is 0 Å². The van der Waals surface area contributed by atoms with Gasteiger partial charge in [-0.2, -0.15) is 0 Å². The average molecular weight is 183 g/mol. The third-order valence-corrected chi connectivity index (χ3v) is 3.02. The van der Waals surface area contributed by atoms with E-state index in [1.54, 1.807) is 0 Å². The normalized spacial score (nSPS) is 35.0. The third-order valence-electron chi connectivity index (χ3n) is 3.02. The Hall–Kier alpha value is -0.810. The van der Waals surface area contributed by atoms with Crippen LogP contribution in [0.15, 0.2) is 4.99 Å². The maximum Gasteiger partial charge on any atom is 0.203 e. The highest BCUT2D eigenvalue weighted by Gasteiger charge is 2.36. The zero-order valence-corrected chi connectivity index (χ0v) is 7.74. The second-order valence-corrected chi connectivity index (χ2v) is 3.76. The standard InChI is InChI=1S/C8H17N5/c9-8(12-10)11-6-3-5-13-4-1-2-7(6)13/h6-7H,1-5,10H2,(H3,9,11,12). The molecule has 0 aliphatic carbocycles. The van der Waals surface area contributed by atoms with E-state index < -0.39 is 0 Å². The van der Waals surface area contributed by atoms with Crippen molar-refractivity contribution >= 4 is 5.96 Å². The molecule has 2 atom stereocenters. The number of guanidine groups is 1. The van der Waals surface area contributed by atoms with Crippen molar-refractivity contribution in [3.05, 3.63) is 0 Å². The molecule has 2 fully saturated rings. The molecule has 0 radical (unpaired) electrons. The quantitative estimate of drug-likeness (QED) is 0.211. The van der Waals surface area contributed by atoms with Crippen LogP contribution >= 0.6 is 0 Å². The number of nitrogens with zero attached hydrogens (tertiary/aromatic N) is 2. The van der Waals surface area contributed by atoms with Crippen LogP contribution in [0.1, 0.15) is 19.3 Å². The molecule has 0 aromatic heterocycles. The SMILES string of the molecule is NNC(N)=NC1CCN2CCCC12. The lowest BCUT2D eigenvalue weighted by Crippen LogP contribution is -2.39. The van der Waals surface area contributed by atoms with Crippen molar-refractivity contribution in [3.8, 4) is 0 Å². The van der Waals surface area contributed by atoms with Gasteiger partial charge >= 0.3 is 0 Å². The predicted octanol–water partition coefficient (Wildman–Crippen LogP) is -0.999. The molecular formula is C8H17N5. The van der Waals surface area contributed by atoms with Gasteiger partial charge in [-0.3, -0.25) is 10.3 Å². The summed E-state index contributed by atoms with van der Waals surface area (Å²) >= 11 is 0. The van der Waals surface area contributed by atoms with Gasteiger partial charge in [0.1, 0.15) is 0 Å². The van der Waals surface area contributed by atoms with E-state index in [4.69, 9.17) is 11.6 Å². The lowest BCUT2D eigenvalue weighted by atomic mass is 10.1. The fourth-order valence-corrected chi connectivity index (χ4v) is 2.42. The zero-order valence-electron chi connectivity index (χ0n) is 7.74. The first kappa shape index (κ1) is 8.77. The second-order valence-electron chi connectivity index (χ2n) is 3.76. The van der Waals surface area contributed by atoms with Crippen molar-refractivity contribution in [3.63, 3.8) is 0 Å². The van der Waals surface area contributed by atoms with Crippen LogP contribution in [0.25, 0.3) is 0 Å². The number of hydrogen-bond acceptors (Lipinski definition) is 3. The molecule has 2 unspecified atom stereocenters. The van der Waals surface area contributed by atoms with Gasteiger partial charge in [0, 0.05) is 12.6 Å². The summed E-state index contributed by atoms with van der Waals surface area (Å²) in [4.78, 5) is 6.85. The second kappa shape index (κ2) is 3.51. The van der Waals surface area contributed by atoms with Gasteiger partial charge < -0.3 is 5.73 Å². The van der Waals surface area contributed by atoms with Crippen LogP contribution in [-0.4, -0.2) is 36.0 Å². The minimum Gasteiger partial charge on any atom is -0.369 e. The van der Waals surface area contributed by atoms with Crippen LogP contribution in [0.5, 0.6) is 0 Å². The molecule has 0 amide bonds. The van der Waals surface area contributed by atoms with Crippen LogP contribution in [0, 0.1) is 0 Å². The molecule has 2 aliphatic heterocycles.